The van der Waals surface area contributed by atoms with Gasteiger partial charge in [-0.25, -0.2) is 4.39 Å². The third-order valence-corrected chi connectivity index (χ3v) is 2.17. The molecule has 0 aliphatic carbocycles. The van der Waals surface area contributed by atoms with Crippen LogP contribution in [0.2, 0.25) is 5.15 Å². The SMILES string of the molecule is COc1nc(Cl)c(Br)cc1F. The van der Waals surface area contributed by atoms with E-state index in [9.17, 15) is 4.39 Å². The third kappa shape index (κ3) is 1.81. The Morgan fingerprint density at radius 3 is 2.91 bits per heavy atom. The number of nitrogens with zero attached hydrogens (tertiary/aromatic N) is 1. The van der Waals surface area contributed by atoms with E-state index in [1.165, 1.54) is 13.2 Å². The van der Waals surface area contributed by atoms with E-state index >= 15 is 0 Å². The molecular weight excluding hydrogens is 236 g/mol. The van der Waals surface area contributed by atoms with Gasteiger partial charge in [-0.05, 0) is 22.0 Å². The minimum atomic E-state index is -0.538. The molecule has 0 fully saturated rings. The van der Waals surface area contributed by atoms with E-state index < -0.39 is 5.82 Å². The maximum Gasteiger partial charge on any atom is 0.251 e. The molecule has 0 aromatic carbocycles. The standard InChI is InChI=1S/C6H4BrClFNO/c1-11-6-4(9)2-3(7)5(8)10-6/h2H,1H3. The van der Waals surface area contributed by atoms with Crippen LogP contribution in [0.5, 0.6) is 5.88 Å². The summed E-state index contributed by atoms with van der Waals surface area (Å²) in [7, 11) is 1.33. The van der Waals surface area contributed by atoms with Gasteiger partial charge in [0.05, 0.1) is 11.6 Å². The summed E-state index contributed by atoms with van der Waals surface area (Å²) in [6.45, 7) is 0. The van der Waals surface area contributed by atoms with Gasteiger partial charge in [0, 0.05) is 0 Å². The van der Waals surface area contributed by atoms with Crippen LogP contribution in [-0.2, 0) is 0 Å². The zero-order valence-electron chi connectivity index (χ0n) is 5.57. The topological polar surface area (TPSA) is 22.1 Å². The highest BCUT2D eigenvalue weighted by atomic mass is 79.9. The monoisotopic (exact) mass is 239 g/mol. The van der Waals surface area contributed by atoms with Crippen LogP contribution < -0.4 is 4.74 Å². The summed E-state index contributed by atoms with van der Waals surface area (Å²) in [5, 5.41) is 0.184. The van der Waals surface area contributed by atoms with Gasteiger partial charge in [0.25, 0.3) is 5.88 Å². The van der Waals surface area contributed by atoms with Crippen molar-refractivity contribution in [3.63, 3.8) is 0 Å². The van der Waals surface area contributed by atoms with E-state index in [4.69, 9.17) is 11.6 Å². The lowest BCUT2D eigenvalue weighted by Gasteiger charge is -2.01. The molecule has 1 aromatic rings. The molecule has 0 unspecified atom stereocenters. The summed E-state index contributed by atoms with van der Waals surface area (Å²) in [5.74, 6) is -0.637. The second-order valence-electron chi connectivity index (χ2n) is 1.75. The fourth-order valence-corrected chi connectivity index (χ4v) is 0.993. The highest BCUT2D eigenvalue weighted by Crippen LogP contribution is 2.25. The summed E-state index contributed by atoms with van der Waals surface area (Å²) >= 11 is 8.58. The molecule has 60 valence electrons. The zero-order valence-corrected chi connectivity index (χ0v) is 7.91. The Morgan fingerprint density at radius 1 is 1.73 bits per heavy atom. The highest BCUT2D eigenvalue weighted by Gasteiger charge is 2.07. The minimum Gasteiger partial charge on any atom is -0.479 e. The van der Waals surface area contributed by atoms with Crippen LogP contribution in [0.1, 0.15) is 0 Å². The maximum absolute atomic E-state index is 12.8. The zero-order chi connectivity index (χ0) is 8.43. The third-order valence-electron chi connectivity index (χ3n) is 1.05. The molecule has 0 aliphatic heterocycles. The summed E-state index contributed by atoms with van der Waals surface area (Å²) in [6.07, 6.45) is 0. The summed E-state index contributed by atoms with van der Waals surface area (Å²) in [6, 6.07) is 1.20. The molecular formula is C6H4BrClFNO. The first-order chi connectivity index (χ1) is 5.15. The Morgan fingerprint density at radius 2 is 2.36 bits per heavy atom. The summed E-state index contributed by atoms with van der Waals surface area (Å²) in [5.41, 5.74) is 0. The minimum absolute atomic E-state index is 0.0989. The maximum atomic E-state index is 12.8. The van der Waals surface area contributed by atoms with Gasteiger partial charge >= 0.3 is 0 Å². The Labute approximate surface area is 76.5 Å². The Bertz CT molecular complexity index is 282. The lowest BCUT2D eigenvalue weighted by molar-refractivity contribution is 0.369. The fourth-order valence-electron chi connectivity index (χ4n) is 0.572. The first kappa shape index (κ1) is 8.74. The van der Waals surface area contributed by atoms with Crippen molar-refractivity contribution >= 4 is 27.5 Å². The molecule has 0 amide bonds. The van der Waals surface area contributed by atoms with E-state index in [1.807, 2.05) is 0 Å². The number of halogens is 3. The predicted molar refractivity (Wildman–Crippen MR) is 43.5 cm³/mol. The van der Waals surface area contributed by atoms with Crippen molar-refractivity contribution in [3.05, 3.63) is 21.5 Å². The van der Waals surface area contributed by atoms with Gasteiger partial charge in [-0.15, -0.1) is 0 Å². The van der Waals surface area contributed by atoms with Gasteiger partial charge in [-0.2, -0.15) is 4.98 Å². The van der Waals surface area contributed by atoms with E-state index in [0.717, 1.165) is 0 Å². The average Bonchev–Trinajstić information content (AvgIpc) is 1.97. The second-order valence-corrected chi connectivity index (χ2v) is 2.96. The Kier molecular flexibility index (Phi) is 2.67. The number of pyridine rings is 1. The Balaban J connectivity index is 3.21. The molecule has 5 heteroatoms. The molecule has 0 spiro atoms. The smallest absolute Gasteiger partial charge is 0.251 e. The molecule has 0 bridgehead atoms. The number of methoxy groups -OCH3 is 1. The van der Waals surface area contributed by atoms with Crippen LogP contribution in [0, 0.1) is 5.82 Å². The number of hydrogen-bond acceptors (Lipinski definition) is 2. The van der Waals surface area contributed by atoms with Gasteiger partial charge in [0.1, 0.15) is 5.15 Å². The van der Waals surface area contributed by atoms with Gasteiger partial charge in [0.15, 0.2) is 5.82 Å². The number of rotatable bonds is 1. The highest BCUT2D eigenvalue weighted by molar-refractivity contribution is 9.10. The van der Waals surface area contributed by atoms with Crippen molar-refractivity contribution in [3.8, 4) is 5.88 Å². The van der Waals surface area contributed by atoms with Crippen molar-refractivity contribution in [1.29, 1.82) is 0 Å². The van der Waals surface area contributed by atoms with E-state index in [-0.39, 0.29) is 11.0 Å². The van der Waals surface area contributed by atoms with E-state index in [0.29, 0.717) is 4.47 Å². The molecule has 11 heavy (non-hydrogen) atoms. The molecule has 0 aliphatic rings. The number of aromatic nitrogens is 1. The number of hydrogen-bond donors (Lipinski definition) is 0. The van der Waals surface area contributed by atoms with Gasteiger partial charge in [-0.1, -0.05) is 11.6 Å². The largest absolute Gasteiger partial charge is 0.479 e. The summed E-state index contributed by atoms with van der Waals surface area (Å²) < 4.78 is 17.8. The molecule has 0 saturated heterocycles. The molecule has 2 nitrogen and oxygen atoms in total. The molecule has 1 aromatic heterocycles. The lowest BCUT2D eigenvalue weighted by atomic mass is 10.5. The van der Waals surface area contributed by atoms with Gasteiger partial charge < -0.3 is 4.74 Å². The summed E-state index contributed by atoms with van der Waals surface area (Å²) in [4.78, 5) is 3.61. The fraction of sp³-hybridized carbons (Fsp3) is 0.167. The van der Waals surface area contributed by atoms with Crippen LogP contribution in [0.25, 0.3) is 0 Å². The van der Waals surface area contributed by atoms with Crippen LogP contribution in [0.4, 0.5) is 4.39 Å². The molecule has 0 atom stereocenters. The molecule has 1 heterocycles. The van der Waals surface area contributed by atoms with E-state index in [1.54, 1.807) is 0 Å². The van der Waals surface area contributed by atoms with Crippen molar-refractivity contribution in [1.82, 2.24) is 4.98 Å². The quantitative estimate of drug-likeness (QED) is 0.704. The van der Waals surface area contributed by atoms with Crippen molar-refractivity contribution in [2.45, 2.75) is 0 Å². The predicted octanol–water partition coefficient (Wildman–Crippen LogP) is 2.65. The van der Waals surface area contributed by atoms with Crippen LogP contribution in [0.15, 0.2) is 10.5 Å². The van der Waals surface area contributed by atoms with Crippen molar-refractivity contribution < 1.29 is 9.13 Å². The van der Waals surface area contributed by atoms with Gasteiger partial charge in [0.2, 0.25) is 0 Å². The second kappa shape index (κ2) is 3.36. The molecule has 0 radical (unpaired) electrons. The first-order valence-electron chi connectivity index (χ1n) is 2.70. The van der Waals surface area contributed by atoms with Crippen molar-refractivity contribution in [2.24, 2.45) is 0 Å². The van der Waals surface area contributed by atoms with E-state index in [2.05, 4.69) is 25.7 Å². The molecule has 0 saturated carbocycles. The molecule has 1 rings (SSSR count). The normalized spacial score (nSPS) is 9.82. The number of ether oxygens (including phenoxy) is 1. The molecule has 0 N–H and O–H groups in total. The van der Waals surface area contributed by atoms with Crippen molar-refractivity contribution in [2.75, 3.05) is 7.11 Å². The Hall–Kier alpha value is -0.350. The average molecular weight is 240 g/mol. The lowest BCUT2D eigenvalue weighted by Crippen LogP contribution is -1.92. The first-order valence-corrected chi connectivity index (χ1v) is 3.87. The van der Waals surface area contributed by atoms with Crippen LogP contribution in [-0.4, -0.2) is 12.1 Å². The van der Waals surface area contributed by atoms with Crippen LogP contribution in [0.3, 0.4) is 0 Å². The van der Waals surface area contributed by atoms with Gasteiger partial charge in [-0.3, -0.25) is 0 Å². The van der Waals surface area contributed by atoms with Crippen LogP contribution >= 0.6 is 27.5 Å².